The number of nitrogens with zero attached hydrogens (tertiary/aromatic N) is 2. The Labute approximate surface area is 197 Å². The van der Waals surface area contributed by atoms with Crippen LogP contribution in [0.1, 0.15) is 41.6 Å². The van der Waals surface area contributed by atoms with E-state index < -0.39 is 0 Å². The average Bonchev–Trinajstić information content (AvgIpc) is 3.04. The van der Waals surface area contributed by atoms with Gasteiger partial charge < -0.3 is 9.30 Å². The van der Waals surface area contributed by atoms with Crippen LogP contribution in [-0.4, -0.2) is 26.7 Å². The first-order chi connectivity index (χ1) is 14.6. The number of imidazole rings is 1. The lowest BCUT2D eigenvalue weighted by atomic mass is 9.96. The molecule has 4 rings (SSSR count). The zero-order valence-corrected chi connectivity index (χ0v) is 20.9. The number of carbonyl (C=O) groups is 1. The molecule has 5 nitrogen and oxygen atoms in total. The van der Waals surface area contributed by atoms with Gasteiger partial charge in [-0.25, -0.2) is 4.98 Å². The minimum atomic E-state index is -0.360. The summed E-state index contributed by atoms with van der Waals surface area (Å²) in [7, 11) is 0. The molecular formula is C23H23BrN2O3S2. The average molecular weight is 519 g/mol. The normalized spacial score (nSPS) is 15.1. The Morgan fingerprint density at radius 2 is 2.06 bits per heavy atom. The molecule has 0 bridgehead atoms. The molecule has 0 unspecified atom stereocenters. The molecule has 1 aliphatic heterocycles. The number of halogens is 1. The summed E-state index contributed by atoms with van der Waals surface area (Å²) in [5, 5.41) is 0.666. The predicted octanol–water partition coefficient (Wildman–Crippen LogP) is 5.62. The van der Waals surface area contributed by atoms with Crippen LogP contribution in [0.3, 0.4) is 0 Å². The Bertz CT molecular complexity index is 1240. The van der Waals surface area contributed by atoms with Crippen molar-refractivity contribution in [2.45, 2.75) is 51.1 Å². The molecule has 0 saturated carbocycles. The van der Waals surface area contributed by atoms with E-state index in [1.54, 1.807) is 23.5 Å². The Morgan fingerprint density at radius 1 is 1.35 bits per heavy atom. The molecule has 0 atom stereocenters. The highest BCUT2D eigenvalue weighted by Crippen LogP contribution is 2.34. The lowest BCUT2D eigenvalue weighted by molar-refractivity contribution is -0.0386. The van der Waals surface area contributed by atoms with Gasteiger partial charge in [0.15, 0.2) is 10.9 Å². The second-order valence-corrected chi connectivity index (χ2v) is 11.3. The van der Waals surface area contributed by atoms with Gasteiger partial charge in [0.05, 0.1) is 18.0 Å². The first-order valence-electron chi connectivity index (χ1n) is 9.89. The van der Waals surface area contributed by atoms with E-state index in [-0.39, 0.29) is 22.6 Å². The van der Waals surface area contributed by atoms with Crippen molar-refractivity contribution in [3.63, 3.8) is 0 Å². The Balaban J connectivity index is 1.71. The van der Waals surface area contributed by atoms with Crippen LogP contribution in [0.25, 0.3) is 10.3 Å². The quantitative estimate of drug-likeness (QED) is 0.240. The van der Waals surface area contributed by atoms with Crippen LogP contribution >= 0.6 is 39.0 Å². The molecule has 8 heteroatoms. The first-order valence-corrected chi connectivity index (χ1v) is 12.5. The van der Waals surface area contributed by atoms with Gasteiger partial charge in [0, 0.05) is 33.4 Å². The standard InChI is InChI=1S/C23H23BrN2O3S2/c1-13(2)10-26-21-19(20(28)16-9-23(3,4)29-11-18(16)31-21)25-22(26)30-12-17(27)14-5-7-15(24)8-6-14/h5-8H,1,9-12H2,2-4H3. The summed E-state index contributed by atoms with van der Waals surface area (Å²) in [5.41, 5.74) is 2.50. The molecule has 3 heterocycles. The number of carbonyl (C=O) groups excluding carboxylic acids is 1. The van der Waals surface area contributed by atoms with E-state index in [0.29, 0.717) is 35.8 Å². The molecule has 0 saturated heterocycles. The van der Waals surface area contributed by atoms with Gasteiger partial charge in [-0.05, 0) is 32.9 Å². The highest BCUT2D eigenvalue weighted by molar-refractivity contribution is 9.10. The van der Waals surface area contributed by atoms with E-state index in [1.165, 1.54) is 11.8 Å². The van der Waals surface area contributed by atoms with E-state index >= 15 is 0 Å². The number of hydrogen-bond donors (Lipinski definition) is 0. The van der Waals surface area contributed by atoms with Gasteiger partial charge in [-0.3, -0.25) is 9.59 Å². The van der Waals surface area contributed by atoms with Crippen molar-refractivity contribution in [1.82, 2.24) is 9.55 Å². The Hall–Kier alpha value is -1.74. The predicted molar refractivity (Wildman–Crippen MR) is 130 cm³/mol. The number of aromatic nitrogens is 2. The third-order valence-electron chi connectivity index (χ3n) is 5.05. The number of fused-ring (bicyclic) bond motifs is 2. The highest BCUT2D eigenvalue weighted by atomic mass is 79.9. The van der Waals surface area contributed by atoms with Crippen LogP contribution in [0.2, 0.25) is 0 Å². The third kappa shape index (κ3) is 4.72. The molecular weight excluding hydrogens is 496 g/mol. The van der Waals surface area contributed by atoms with Gasteiger partial charge in [-0.2, -0.15) is 0 Å². The van der Waals surface area contributed by atoms with Crippen molar-refractivity contribution in [1.29, 1.82) is 0 Å². The summed E-state index contributed by atoms with van der Waals surface area (Å²) >= 11 is 6.30. The lowest BCUT2D eigenvalue weighted by Crippen LogP contribution is -2.34. The number of allylic oxidation sites excluding steroid dienone is 1. The summed E-state index contributed by atoms with van der Waals surface area (Å²) < 4.78 is 8.87. The van der Waals surface area contributed by atoms with Crippen LogP contribution in [0, 0.1) is 0 Å². The largest absolute Gasteiger partial charge is 0.370 e. The molecule has 1 aliphatic rings. The molecule has 31 heavy (non-hydrogen) atoms. The zero-order valence-electron chi connectivity index (χ0n) is 17.7. The molecule has 0 amide bonds. The van der Waals surface area contributed by atoms with Gasteiger partial charge in [-0.1, -0.05) is 52.0 Å². The number of thioether (sulfide) groups is 1. The number of Topliss-reactive ketones (excluding diaryl/α,β-unsaturated/α-hetero) is 1. The monoisotopic (exact) mass is 518 g/mol. The number of hydrogen-bond acceptors (Lipinski definition) is 6. The SMILES string of the molecule is C=C(C)Cn1c(SCC(=O)c2ccc(Br)cc2)nc2c(=O)c3c(sc21)COC(C)(C)C3. The summed E-state index contributed by atoms with van der Waals surface area (Å²) in [4.78, 5) is 32.4. The van der Waals surface area contributed by atoms with Gasteiger partial charge in [0.1, 0.15) is 10.3 Å². The van der Waals surface area contributed by atoms with E-state index in [9.17, 15) is 9.59 Å². The van der Waals surface area contributed by atoms with Gasteiger partial charge in [0.25, 0.3) is 0 Å². The zero-order chi connectivity index (χ0) is 22.3. The van der Waals surface area contributed by atoms with Crippen LogP contribution in [0.15, 0.2) is 50.8 Å². The van der Waals surface area contributed by atoms with E-state index in [0.717, 1.165) is 25.3 Å². The third-order valence-corrected chi connectivity index (χ3v) is 7.78. The molecule has 0 aliphatic carbocycles. The maximum Gasteiger partial charge on any atom is 0.211 e. The summed E-state index contributed by atoms with van der Waals surface area (Å²) in [6, 6.07) is 7.32. The molecule has 162 valence electrons. The van der Waals surface area contributed by atoms with Crippen molar-refractivity contribution in [2.75, 3.05) is 5.75 Å². The maximum absolute atomic E-state index is 13.3. The fraction of sp³-hybridized carbons (Fsp3) is 0.348. The van der Waals surface area contributed by atoms with Crippen LogP contribution in [0.5, 0.6) is 0 Å². The summed E-state index contributed by atoms with van der Waals surface area (Å²) in [6.45, 7) is 11.0. The fourth-order valence-electron chi connectivity index (χ4n) is 3.52. The maximum atomic E-state index is 13.3. The van der Waals surface area contributed by atoms with Crippen LogP contribution in [-0.2, 0) is 24.3 Å². The smallest absolute Gasteiger partial charge is 0.211 e. The summed E-state index contributed by atoms with van der Waals surface area (Å²) in [5.74, 6) is 0.266. The molecule has 1 aromatic carbocycles. The van der Waals surface area contributed by atoms with Crippen molar-refractivity contribution in [2.24, 2.45) is 0 Å². The van der Waals surface area contributed by atoms with E-state index in [1.807, 2.05) is 37.5 Å². The minimum Gasteiger partial charge on any atom is -0.370 e. The number of ketones is 1. The Kier molecular flexibility index (Phi) is 6.27. The lowest BCUT2D eigenvalue weighted by Gasteiger charge is -2.30. The number of rotatable bonds is 6. The molecule has 0 radical (unpaired) electrons. The van der Waals surface area contributed by atoms with Gasteiger partial charge >= 0.3 is 0 Å². The van der Waals surface area contributed by atoms with Crippen molar-refractivity contribution in [3.05, 3.63) is 67.1 Å². The topological polar surface area (TPSA) is 61.2 Å². The van der Waals surface area contributed by atoms with Crippen molar-refractivity contribution >= 4 is 55.2 Å². The first kappa shape index (κ1) is 22.5. The second-order valence-electron chi connectivity index (χ2n) is 8.37. The number of benzene rings is 1. The molecule has 3 aromatic rings. The fourth-order valence-corrected chi connectivity index (χ4v) is 5.87. The molecule has 2 aromatic heterocycles. The summed E-state index contributed by atoms with van der Waals surface area (Å²) in [6.07, 6.45) is 0.575. The van der Waals surface area contributed by atoms with Gasteiger partial charge in [0.2, 0.25) is 5.43 Å². The van der Waals surface area contributed by atoms with E-state index in [2.05, 4.69) is 27.5 Å². The van der Waals surface area contributed by atoms with Crippen LogP contribution in [0.4, 0.5) is 0 Å². The molecule has 0 spiro atoms. The second kappa shape index (κ2) is 8.65. The van der Waals surface area contributed by atoms with Crippen molar-refractivity contribution in [3.8, 4) is 0 Å². The van der Waals surface area contributed by atoms with Crippen LogP contribution < -0.4 is 5.43 Å². The Morgan fingerprint density at radius 3 is 2.74 bits per heavy atom. The van der Waals surface area contributed by atoms with Gasteiger partial charge in [-0.15, -0.1) is 11.3 Å². The van der Waals surface area contributed by atoms with E-state index in [4.69, 9.17) is 4.74 Å². The molecule has 0 fully saturated rings. The number of ether oxygens (including phenoxy) is 1. The highest BCUT2D eigenvalue weighted by Gasteiger charge is 2.30. The minimum absolute atomic E-state index is 0.0203. The van der Waals surface area contributed by atoms with Crippen molar-refractivity contribution < 1.29 is 9.53 Å². The molecule has 0 N–H and O–H groups in total.